The van der Waals surface area contributed by atoms with E-state index < -0.39 is 17.3 Å². The molecular formula is C8H10O4. The van der Waals surface area contributed by atoms with Crippen LogP contribution < -0.4 is 0 Å². The number of ketones is 1. The smallest absolute Gasteiger partial charge is 0.342 e. The molecule has 0 aromatic heterocycles. The Morgan fingerprint density at radius 2 is 2.17 bits per heavy atom. The van der Waals surface area contributed by atoms with Crippen molar-refractivity contribution in [3.8, 4) is 0 Å². The number of hydrogen-bond acceptors (Lipinski definition) is 3. The largest absolute Gasteiger partial charge is 0.500 e. The Bertz CT molecular complexity index is 227. The number of aliphatic carboxylic acids is 1. The van der Waals surface area contributed by atoms with Crippen LogP contribution in [0.2, 0.25) is 0 Å². The summed E-state index contributed by atoms with van der Waals surface area (Å²) in [7, 11) is 0. The van der Waals surface area contributed by atoms with Crippen molar-refractivity contribution in [2.24, 2.45) is 0 Å². The molecular weight excluding hydrogens is 160 g/mol. The fourth-order valence-electron chi connectivity index (χ4n) is 0.491. The van der Waals surface area contributed by atoms with Crippen LogP contribution in [0, 0.1) is 0 Å². The molecule has 0 fully saturated rings. The predicted octanol–water partition coefficient (Wildman–Crippen LogP) is 0.746. The Morgan fingerprint density at radius 3 is 2.50 bits per heavy atom. The molecule has 0 aliphatic rings. The van der Waals surface area contributed by atoms with Crippen LogP contribution in [0.15, 0.2) is 24.5 Å². The third kappa shape index (κ3) is 3.01. The second kappa shape index (κ2) is 5.12. The first-order chi connectivity index (χ1) is 5.63. The average molecular weight is 170 g/mol. The molecule has 0 spiro atoms. The highest BCUT2D eigenvalue weighted by Gasteiger charge is 2.14. The number of allylic oxidation sites excluding steroid dienone is 1. The van der Waals surface area contributed by atoms with Crippen molar-refractivity contribution >= 4 is 11.8 Å². The zero-order valence-corrected chi connectivity index (χ0v) is 6.74. The maximum Gasteiger partial charge on any atom is 0.342 e. The van der Waals surface area contributed by atoms with Gasteiger partial charge in [-0.15, -0.1) is 0 Å². The lowest BCUT2D eigenvalue weighted by Crippen LogP contribution is -2.10. The van der Waals surface area contributed by atoms with Crippen molar-refractivity contribution in [1.82, 2.24) is 0 Å². The summed E-state index contributed by atoms with van der Waals surface area (Å²) in [6, 6.07) is 0. The number of hydrogen-bond donors (Lipinski definition) is 1. The lowest BCUT2D eigenvalue weighted by molar-refractivity contribution is -0.134. The molecule has 0 radical (unpaired) electrons. The molecule has 0 amide bonds. The number of rotatable bonds is 5. The monoisotopic (exact) mass is 170 g/mol. The van der Waals surface area contributed by atoms with Gasteiger partial charge in [-0.05, 0) is 13.0 Å². The van der Waals surface area contributed by atoms with E-state index in [9.17, 15) is 9.59 Å². The Morgan fingerprint density at radius 1 is 1.58 bits per heavy atom. The van der Waals surface area contributed by atoms with E-state index in [0.717, 1.165) is 12.3 Å². The molecule has 4 nitrogen and oxygen atoms in total. The average Bonchev–Trinajstić information content (AvgIpc) is 2.04. The highest BCUT2D eigenvalue weighted by Crippen LogP contribution is 1.98. The van der Waals surface area contributed by atoms with Gasteiger partial charge in [-0.2, -0.15) is 0 Å². The molecule has 12 heavy (non-hydrogen) atoms. The first kappa shape index (κ1) is 10.4. The summed E-state index contributed by atoms with van der Waals surface area (Å²) >= 11 is 0. The number of ether oxygens (including phenoxy) is 1. The van der Waals surface area contributed by atoms with Gasteiger partial charge in [0.15, 0.2) is 5.78 Å². The minimum atomic E-state index is -1.31. The van der Waals surface area contributed by atoms with Gasteiger partial charge >= 0.3 is 5.97 Å². The van der Waals surface area contributed by atoms with Crippen LogP contribution in [0.3, 0.4) is 0 Å². The van der Waals surface area contributed by atoms with Gasteiger partial charge in [0.1, 0.15) is 11.8 Å². The van der Waals surface area contributed by atoms with E-state index in [4.69, 9.17) is 5.11 Å². The van der Waals surface area contributed by atoms with Crippen molar-refractivity contribution in [1.29, 1.82) is 0 Å². The summed E-state index contributed by atoms with van der Waals surface area (Å²) in [5.41, 5.74) is -0.410. The van der Waals surface area contributed by atoms with E-state index in [2.05, 4.69) is 11.3 Å². The molecule has 0 rings (SSSR count). The fourth-order valence-corrected chi connectivity index (χ4v) is 0.491. The van der Waals surface area contributed by atoms with Crippen LogP contribution >= 0.6 is 0 Å². The Hall–Kier alpha value is -1.58. The molecule has 0 unspecified atom stereocenters. The normalized spacial score (nSPS) is 10.6. The van der Waals surface area contributed by atoms with Gasteiger partial charge < -0.3 is 9.84 Å². The summed E-state index contributed by atoms with van der Waals surface area (Å²) in [4.78, 5) is 21.2. The molecule has 0 heterocycles. The number of carbonyl (C=O) groups excluding carboxylic acids is 1. The van der Waals surface area contributed by atoms with Crippen molar-refractivity contribution in [2.45, 2.75) is 6.92 Å². The van der Waals surface area contributed by atoms with Crippen molar-refractivity contribution < 1.29 is 19.4 Å². The van der Waals surface area contributed by atoms with E-state index in [1.165, 1.54) is 0 Å². The second-order valence-electron chi connectivity index (χ2n) is 1.86. The third-order valence-corrected chi connectivity index (χ3v) is 1.05. The zero-order valence-electron chi connectivity index (χ0n) is 6.74. The van der Waals surface area contributed by atoms with Gasteiger partial charge in [-0.1, -0.05) is 6.58 Å². The van der Waals surface area contributed by atoms with Crippen LogP contribution in [0.1, 0.15) is 6.92 Å². The summed E-state index contributed by atoms with van der Waals surface area (Å²) < 4.78 is 4.67. The molecule has 0 aliphatic carbocycles. The van der Waals surface area contributed by atoms with Crippen molar-refractivity contribution in [3.63, 3.8) is 0 Å². The Labute approximate surface area is 70.1 Å². The molecule has 0 atom stereocenters. The molecule has 4 heteroatoms. The molecule has 0 aromatic carbocycles. The molecule has 1 N–H and O–H groups in total. The first-order valence-electron chi connectivity index (χ1n) is 3.35. The standard InChI is InChI=1S/C8H10O4/c1-3-7(9)6(8(10)11)5-12-4-2/h3,5H,1,4H2,2H3,(H,10,11). The first-order valence-corrected chi connectivity index (χ1v) is 3.35. The van der Waals surface area contributed by atoms with Crippen molar-refractivity contribution in [2.75, 3.05) is 6.61 Å². The highest BCUT2D eigenvalue weighted by atomic mass is 16.5. The lowest BCUT2D eigenvalue weighted by Gasteiger charge is -1.97. The quantitative estimate of drug-likeness (QED) is 0.286. The van der Waals surface area contributed by atoms with Gasteiger partial charge in [-0.3, -0.25) is 4.79 Å². The molecule has 0 aromatic rings. The molecule has 0 saturated carbocycles. The van der Waals surface area contributed by atoms with Crippen LogP contribution in [-0.4, -0.2) is 23.5 Å². The fraction of sp³-hybridized carbons (Fsp3) is 0.250. The van der Waals surface area contributed by atoms with Gasteiger partial charge in [0.05, 0.1) is 6.61 Å². The van der Waals surface area contributed by atoms with E-state index in [1.54, 1.807) is 6.92 Å². The molecule has 0 saturated heterocycles. The summed E-state index contributed by atoms with van der Waals surface area (Å²) in [5, 5.41) is 8.48. The van der Waals surface area contributed by atoms with E-state index in [0.29, 0.717) is 6.61 Å². The minimum absolute atomic E-state index is 0.321. The van der Waals surface area contributed by atoms with Crippen LogP contribution in [0.25, 0.3) is 0 Å². The molecule has 0 bridgehead atoms. The Kier molecular flexibility index (Phi) is 4.45. The number of carboxylic acids is 1. The highest BCUT2D eigenvalue weighted by molar-refractivity contribution is 6.20. The van der Waals surface area contributed by atoms with Crippen LogP contribution in [0.4, 0.5) is 0 Å². The topological polar surface area (TPSA) is 63.6 Å². The SMILES string of the molecule is C=CC(=O)C(=COCC)C(=O)O. The third-order valence-electron chi connectivity index (χ3n) is 1.05. The van der Waals surface area contributed by atoms with Crippen LogP contribution in [-0.2, 0) is 14.3 Å². The van der Waals surface area contributed by atoms with Crippen molar-refractivity contribution in [3.05, 3.63) is 24.5 Å². The predicted molar refractivity (Wildman–Crippen MR) is 42.5 cm³/mol. The summed E-state index contributed by atoms with van der Waals surface area (Å²) in [6.45, 7) is 5.17. The Balaban J connectivity index is 4.54. The molecule has 0 aliphatic heterocycles. The van der Waals surface area contributed by atoms with E-state index >= 15 is 0 Å². The number of carbonyl (C=O) groups is 2. The van der Waals surface area contributed by atoms with E-state index in [1.807, 2.05) is 0 Å². The minimum Gasteiger partial charge on any atom is -0.500 e. The van der Waals surface area contributed by atoms with Gasteiger partial charge in [-0.25, -0.2) is 4.79 Å². The van der Waals surface area contributed by atoms with Gasteiger partial charge in [0.2, 0.25) is 0 Å². The summed E-state index contributed by atoms with van der Waals surface area (Å²) in [6.07, 6.45) is 1.85. The lowest BCUT2D eigenvalue weighted by atomic mass is 10.2. The summed E-state index contributed by atoms with van der Waals surface area (Å²) in [5.74, 6) is -1.97. The maximum atomic E-state index is 10.8. The van der Waals surface area contributed by atoms with Crippen LogP contribution in [0.5, 0.6) is 0 Å². The van der Waals surface area contributed by atoms with Gasteiger partial charge in [0, 0.05) is 0 Å². The zero-order chi connectivity index (χ0) is 9.56. The van der Waals surface area contributed by atoms with E-state index in [-0.39, 0.29) is 0 Å². The maximum absolute atomic E-state index is 10.8. The van der Waals surface area contributed by atoms with Gasteiger partial charge in [0.25, 0.3) is 0 Å². The molecule has 66 valence electrons. The number of carboxylic acid groups (broad SMARTS) is 1. The second-order valence-corrected chi connectivity index (χ2v) is 1.86.